The zero-order valence-corrected chi connectivity index (χ0v) is 15.6. The van der Waals surface area contributed by atoms with Gasteiger partial charge in [0.15, 0.2) is 0 Å². The van der Waals surface area contributed by atoms with Crippen molar-refractivity contribution in [2.45, 2.75) is 12.1 Å². The van der Waals surface area contributed by atoms with Gasteiger partial charge >= 0.3 is 17.8 Å². The van der Waals surface area contributed by atoms with E-state index in [1.165, 1.54) is 0 Å². The molecule has 2 aromatic rings. The molecule has 0 atom stereocenters. The Morgan fingerprint density at radius 1 is 1.17 bits per heavy atom. The molecule has 0 aliphatic rings. The molecule has 0 spiro atoms. The average Bonchev–Trinajstić information content (AvgIpc) is 2.60. The van der Waals surface area contributed by atoms with Gasteiger partial charge in [-0.2, -0.15) is 22.0 Å². The summed E-state index contributed by atoms with van der Waals surface area (Å²) in [5, 5.41) is -1.94. The summed E-state index contributed by atoms with van der Waals surface area (Å²) in [5.41, 5.74) is -6.47. The number of aromatic nitrogens is 2. The van der Waals surface area contributed by atoms with Crippen LogP contribution in [0.15, 0.2) is 21.7 Å². The Morgan fingerprint density at radius 3 is 2.28 bits per heavy atom. The minimum atomic E-state index is -6.15. The molecule has 0 bridgehead atoms. The predicted molar refractivity (Wildman–Crippen MR) is 91.5 cm³/mol. The molecule has 0 aliphatic carbocycles. The molecule has 156 valence electrons. The zero-order chi connectivity index (χ0) is 22.3. The van der Waals surface area contributed by atoms with Gasteiger partial charge in [-0.25, -0.2) is 13.8 Å². The molecule has 13 heteroatoms. The standard InChI is InChI=1S/C16H8Cl2F6N2O3/c1-3-4-29-10-6-9(8(19)5-7(10)17)26-13(27)11(18)12(25(2)14(26)28)15(20,21)16(22,23)24/h1,5-6H,4H2,2H3. The van der Waals surface area contributed by atoms with Gasteiger partial charge < -0.3 is 4.74 Å². The molecule has 29 heavy (non-hydrogen) atoms. The second kappa shape index (κ2) is 7.68. The first-order chi connectivity index (χ1) is 13.3. The van der Waals surface area contributed by atoms with Crippen LogP contribution < -0.4 is 16.0 Å². The molecular weight excluding hydrogens is 453 g/mol. The normalized spacial score (nSPS) is 12.0. The molecule has 0 saturated heterocycles. The monoisotopic (exact) mass is 460 g/mol. The highest BCUT2D eigenvalue weighted by molar-refractivity contribution is 6.32. The number of nitrogens with zero attached hydrogens (tertiary/aromatic N) is 2. The molecule has 1 aromatic heterocycles. The van der Waals surface area contributed by atoms with E-state index in [1.807, 2.05) is 0 Å². The minimum absolute atomic E-state index is 0.0350. The number of halogens is 8. The number of terminal acetylenes is 1. The summed E-state index contributed by atoms with van der Waals surface area (Å²) in [6.07, 6.45) is -1.15. The summed E-state index contributed by atoms with van der Waals surface area (Å²) in [6.45, 7) is -0.338. The van der Waals surface area contributed by atoms with Crippen LogP contribution in [-0.2, 0) is 13.0 Å². The molecule has 0 amide bonds. The van der Waals surface area contributed by atoms with Crippen molar-refractivity contribution in [3.63, 3.8) is 0 Å². The Morgan fingerprint density at radius 2 is 1.76 bits per heavy atom. The van der Waals surface area contributed by atoms with Gasteiger partial charge in [0, 0.05) is 13.1 Å². The van der Waals surface area contributed by atoms with Gasteiger partial charge in [-0.15, -0.1) is 6.42 Å². The van der Waals surface area contributed by atoms with E-state index in [2.05, 4.69) is 5.92 Å². The first kappa shape index (κ1) is 22.7. The average molecular weight is 461 g/mol. The molecular formula is C16H8Cl2F6N2O3. The highest BCUT2D eigenvalue weighted by atomic mass is 35.5. The third kappa shape index (κ3) is 3.82. The third-order valence-corrected chi connectivity index (χ3v) is 4.26. The van der Waals surface area contributed by atoms with Crippen LogP contribution in [0, 0.1) is 18.2 Å². The molecule has 0 unspecified atom stereocenters. The maximum absolute atomic E-state index is 14.3. The van der Waals surface area contributed by atoms with Crippen molar-refractivity contribution in [2.24, 2.45) is 7.05 Å². The number of hydrogen-bond donors (Lipinski definition) is 0. The highest BCUT2D eigenvalue weighted by Gasteiger charge is 2.61. The maximum atomic E-state index is 14.3. The highest BCUT2D eigenvalue weighted by Crippen LogP contribution is 2.45. The van der Waals surface area contributed by atoms with Crippen molar-refractivity contribution in [3.05, 3.63) is 54.5 Å². The van der Waals surface area contributed by atoms with Crippen LogP contribution in [0.2, 0.25) is 10.0 Å². The van der Waals surface area contributed by atoms with E-state index in [-0.39, 0.29) is 26.5 Å². The lowest BCUT2D eigenvalue weighted by atomic mass is 10.2. The Bertz CT molecular complexity index is 1090. The number of rotatable bonds is 4. The molecule has 0 saturated carbocycles. The van der Waals surface area contributed by atoms with Gasteiger partial charge in [-0.1, -0.05) is 29.1 Å². The lowest BCUT2D eigenvalue weighted by Crippen LogP contribution is -2.46. The van der Waals surface area contributed by atoms with E-state index in [9.17, 15) is 35.9 Å². The van der Waals surface area contributed by atoms with Crippen molar-refractivity contribution in [1.82, 2.24) is 9.13 Å². The molecule has 0 fully saturated rings. The smallest absolute Gasteiger partial charge is 0.459 e. The van der Waals surface area contributed by atoms with Crippen molar-refractivity contribution < 1.29 is 31.1 Å². The van der Waals surface area contributed by atoms with Crippen LogP contribution in [0.1, 0.15) is 5.69 Å². The number of alkyl halides is 5. The van der Waals surface area contributed by atoms with Crippen LogP contribution in [-0.4, -0.2) is 21.9 Å². The van der Waals surface area contributed by atoms with E-state index in [0.717, 1.165) is 6.07 Å². The fourth-order valence-electron chi connectivity index (χ4n) is 2.29. The van der Waals surface area contributed by atoms with Crippen molar-refractivity contribution in [2.75, 3.05) is 6.61 Å². The van der Waals surface area contributed by atoms with Gasteiger partial charge in [0.25, 0.3) is 5.56 Å². The van der Waals surface area contributed by atoms with E-state index in [1.54, 1.807) is 0 Å². The molecule has 2 rings (SSSR count). The van der Waals surface area contributed by atoms with Crippen LogP contribution >= 0.6 is 23.2 Å². The second-order valence-corrected chi connectivity index (χ2v) is 6.23. The Balaban J connectivity index is 2.88. The maximum Gasteiger partial charge on any atom is 0.459 e. The van der Waals surface area contributed by atoms with Gasteiger partial charge in [-0.3, -0.25) is 9.36 Å². The van der Waals surface area contributed by atoms with E-state index < -0.39 is 45.6 Å². The molecule has 1 aromatic carbocycles. The summed E-state index contributed by atoms with van der Waals surface area (Å²) in [6, 6.07) is 1.37. The van der Waals surface area contributed by atoms with Gasteiger partial charge in [0.05, 0.1) is 10.7 Å². The molecule has 5 nitrogen and oxygen atoms in total. The summed E-state index contributed by atoms with van der Waals surface area (Å²) < 4.78 is 84.7. The molecule has 0 N–H and O–H groups in total. The zero-order valence-electron chi connectivity index (χ0n) is 14.1. The summed E-state index contributed by atoms with van der Waals surface area (Å²) in [7, 11) is 0.517. The van der Waals surface area contributed by atoms with E-state index >= 15 is 0 Å². The van der Waals surface area contributed by atoms with Crippen LogP contribution in [0.3, 0.4) is 0 Å². The van der Waals surface area contributed by atoms with Crippen molar-refractivity contribution in [3.8, 4) is 23.8 Å². The van der Waals surface area contributed by atoms with Crippen LogP contribution in [0.4, 0.5) is 26.3 Å². The topological polar surface area (TPSA) is 53.2 Å². The van der Waals surface area contributed by atoms with Crippen molar-refractivity contribution in [1.29, 1.82) is 0 Å². The fraction of sp³-hybridized carbons (Fsp3) is 0.250. The van der Waals surface area contributed by atoms with Crippen LogP contribution in [0.25, 0.3) is 5.69 Å². The summed E-state index contributed by atoms with van der Waals surface area (Å²) in [4.78, 5) is 24.7. The fourth-order valence-corrected chi connectivity index (χ4v) is 2.83. The Labute approximate surface area is 168 Å². The summed E-state index contributed by atoms with van der Waals surface area (Å²) >= 11 is 11.2. The first-order valence-corrected chi connectivity index (χ1v) is 8.03. The second-order valence-electron chi connectivity index (χ2n) is 5.44. The molecule has 1 heterocycles. The van der Waals surface area contributed by atoms with Crippen LogP contribution in [0.5, 0.6) is 5.75 Å². The van der Waals surface area contributed by atoms with E-state index in [0.29, 0.717) is 13.1 Å². The van der Waals surface area contributed by atoms with Gasteiger partial charge in [0.1, 0.15) is 28.9 Å². The van der Waals surface area contributed by atoms with Crippen molar-refractivity contribution >= 4 is 23.2 Å². The predicted octanol–water partition coefficient (Wildman–Crippen LogP) is 3.65. The molecule has 0 aliphatic heterocycles. The van der Waals surface area contributed by atoms with E-state index in [4.69, 9.17) is 34.4 Å². The Hall–Kier alpha value is -2.58. The number of hydrogen-bond acceptors (Lipinski definition) is 3. The largest absolute Gasteiger partial charge is 0.479 e. The lowest BCUT2D eigenvalue weighted by Gasteiger charge is -2.23. The Kier molecular flexibility index (Phi) is 6.02. The quantitative estimate of drug-likeness (QED) is 0.516. The SMILES string of the molecule is C#CCOc1cc(-n2c(=O)c(Cl)c(C(F)(F)C(F)(F)F)n(C)c2=O)c(F)cc1Cl. The van der Waals surface area contributed by atoms with Gasteiger partial charge in [0.2, 0.25) is 0 Å². The lowest BCUT2D eigenvalue weighted by molar-refractivity contribution is -0.292. The number of ether oxygens (including phenoxy) is 1. The third-order valence-electron chi connectivity index (χ3n) is 3.62. The minimum Gasteiger partial charge on any atom is -0.479 e. The summed E-state index contributed by atoms with van der Waals surface area (Å²) in [5.74, 6) is -5.12. The number of benzene rings is 1. The molecule has 0 radical (unpaired) electrons. The van der Waals surface area contributed by atoms with Gasteiger partial charge in [-0.05, 0) is 6.07 Å². The first-order valence-electron chi connectivity index (χ1n) is 7.28.